The van der Waals surface area contributed by atoms with Crippen LogP contribution in [0.4, 0.5) is 0 Å². The first-order valence-electron chi connectivity index (χ1n) is 4.30. The van der Waals surface area contributed by atoms with Gasteiger partial charge in [0.25, 0.3) is 5.56 Å². The summed E-state index contributed by atoms with van der Waals surface area (Å²) < 4.78 is 4.28. The molecule has 0 radical (unpaired) electrons. The maximum absolute atomic E-state index is 12.0. The monoisotopic (exact) mass is 235 g/mol. The maximum Gasteiger partial charge on any atom is 0.270 e. The van der Waals surface area contributed by atoms with Crippen molar-refractivity contribution in [2.45, 2.75) is 0 Å². The number of fused-ring (bicyclic) bond motifs is 2. The van der Waals surface area contributed by atoms with Crippen LogP contribution in [0, 0.1) is 0 Å². The van der Waals surface area contributed by atoms with Gasteiger partial charge in [-0.1, -0.05) is 12.1 Å². The van der Waals surface area contributed by atoms with Gasteiger partial charge >= 0.3 is 0 Å². The molecule has 3 rings (SSSR count). The van der Waals surface area contributed by atoms with E-state index in [2.05, 4.69) is 4.37 Å². The van der Waals surface area contributed by atoms with Gasteiger partial charge in [0.15, 0.2) is 0 Å². The van der Waals surface area contributed by atoms with E-state index in [1.54, 1.807) is 6.07 Å². The van der Waals surface area contributed by atoms with Gasteiger partial charge in [0.1, 0.15) is 9.40 Å². The molecule has 0 saturated carbocycles. The number of hydrogen-bond donors (Lipinski definition) is 1. The van der Waals surface area contributed by atoms with E-state index in [0.717, 1.165) is 8.71 Å². The van der Waals surface area contributed by atoms with Crippen molar-refractivity contribution >= 4 is 42.4 Å². The molecule has 0 aliphatic heterocycles. The van der Waals surface area contributed by atoms with Gasteiger partial charge in [0.2, 0.25) is 5.43 Å². The number of aromatic nitrogens is 1. The number of nitrogens with one attached hydrogen (secondary N) is 1. The number of benzene rings is 1. The quantitative estimate of drug-likeness (QED) is 0.649. The summed E-state index contributed by atoms with van der Waals surface area (Å²) in [6.45, 7) is 0. The summed E-state index contributed by atoms with van der Waals surface area (Å²) in [5, 5.41) is 0.919. The lowest BCUT2D eigenvalue weighted by Gasteiger charge is -1.93. The zero-order chi connectivity index (χ0) is 10.4. The number of rotatable bonds is 0. The number of hydrogen-bond acceptors (Lipinski definition) is 4. The van der Waals surface area contributed by atoms with Crippen LogP contribution in [0.1, 0.15) is 0 Å². The average molecular weight is 235 g/mol. The van der Waals surface area contributed by atoms with Crippen LogP contribution in [0.2, 0.25) is 0 Å². The molecule has 0 fully saturated rings. The zero-order valence-corrected chi connectivity index (χ0v) is 9.08. The molecule has 0 unspecified atom stereocenters. The van der Waals surface area contributed by atoms with Crippen molar-refractivity contribution in [1.29, 1.82) is 0 Å². The van der Waals surface area contributed by atoms with Crippen LogP contribution in [-0.2, 0) is 0 Å². The summed E-state index contributed by atoms with van der Waals surface area (Å²) in [5.41, 5.74) is -0.441. The van der Waals surface area contributed by atoms with E-state index in [1.807, 2.05) is 18.2 Å². The second-order valence-corrected chi connectivity index (χ2v) is 5.25. The Morgan fingerprint density at radius 2 is 1.93 bits per heavy atom. The Morgan fingerprint density at radius 3 is 2.80 bits per heavy atom. The molecule has 15 heavy (non-hydrogen) atoms. The molecule has 1 aromatic carbocycles. The van der Waals surface area contributed by atoms with E-state index >= 15 is 0 Å². The van der Waals surface area contributed by atoms with Crippen molar-refractivity contribution in [3.63, 3.8) is 0 Å². The Morgan fingerprint density at radius 1 is 1.13 bits per heavy atom. The minimum atomic E-state index is -0.276. The van der Waals surface area contributed by atoms with Crippen LogP contribution in [0.15, 0.2) is 33.9 Å². The first-order chi connectivity index (χ1) is 7.27. The molecule has 0 bridgehead atoms. The molecule has 0 spiro atoms. The summed E-state index contributed by atoms with van der Waals surface area (Å²) in [5.74, 6) is 0. The molecule has 2 heterocycles. The molecule has 3 aromatic rings. The highest BCUT2D eigenvalue weighted by Crippen LogP contribution is 2.24. The van der Waals surface area contributed by atoms with E-state index in [1.165, 1.54) is 22.9 Å². The standard InChI is InChI=1S/C10H5NO2S2/c12-8-5-3-1-2-4-6(5)14-10-7(8)9(13)11-15-10/h1-4H,(H,11,13). The fourth-order valence-electron chi connectivity index (χ4n) is 1.53. The fourth-order valence-corrected chi connectivity index (χ4v) is 3.57. The van der Waals surface area contributed by atoms with Crippen LogP contribution >= 0.6 is 22.9 Å². The molecule has 0 amide bonds. The van der Waals surface area contributed by atoms with E-state index < -0.39 is 0 Å². The molecular weight excluding hydrogens is 230 g/mol. The molecular formula is C10H5NO2S2. The smallest absolute Gasteiger partial charge is 0.270 e. The fraction of sp³-hybridized carbons (Fsp3) is 0. The van der Waals surface area contributed by atoms with Crippen LogP contribution in [0.5, 0.6) is 0 Å². The lowest BCUT2D eigenvalue weighted by Crippen LogP contribution is -2.09. The van der Waals surface area contributed by atoms with Crippen molar-refractivity contribution in [3.05, 3.63) is 44.8 Å². The summed E-state index contributed by atoms with van der Waals surface area (Å²) in [7, 11) is 0. The lowest BCUT2D eigenvalue weighted by molar-refractivity contribution is 1.46. The van der Waals surface area contributed by atoms with Crippen molar-refractivity contribution in [3.8, 4) is 0 Å². The Hall–Kier alpha value is -1.46. The van der Waals surface area contributed by atoms with Gasteiger partial charge in [-0.15, -0.1) is 11.3 Å². The van der Waals surface area contributed by atoms with Crippen molar-refractivity contribution < 1.29 is 0 Å². The average Bonchev–Trinajstić information content (AvgIpc) is 2.61. The van der Waals surface area contributed by atoms with E-state index in [-0.39, 0.29) is 11.0 Å². The molecule has 1 N–H and O–H groups in total. The van der Waals surface area contributed by atoms with Gasteiger partial charge in [-0.3, -0.25) is 14.0 Å². The van der Waals surface area contributed by atoms with E-state index in [0.29, 0.717) is 10.8 Å². The third kappa shape index (κ3) is 1.17. The Bertz CT molecular complexity index is 766. The predicted octanol–water partition coefficient (Wildman–Crippen LogP) is 2.16. The predicted molar refractivity (Wildman–Crippen MR) is 64.1 cm³/mol. The highest BCUT2D eigenvalue weighted by molar-refractivity contribution is 7.38. The minimum Gasteiger partial charge on any atom is -0.288 e. The third-order valence-corrected chi connectivity index (χ3v) is 4.37. The summed E-state index contributed by atoms with van der Waals surface area (Å²) in [6, 6.07) is 7.35. The molecule has 5 heteroatoms. The molecule has 0 saturated heterocycles. The highest BCUT2D eigenvalue weighted by atomic mass is 32.2. The summed E-state index contributed by atoms with van der Waals surface area (Å²) in [4.78, 5) is 23.4. The molecule has 74 valence electrons. The zero-order valence-electron chi connectivity index (χ0n) is 7.44. The van der Waals surface area contributed by atoms with Crippen LogP contribution in [0.3, 0.4) is 0 Å². The summed E-state index contributed by atoms with van der Waals surface area (Å²) >= 11 is 2.70. The molecule has 2 aromatic heterocycles. The Labute approximate surface area is 91.8 Å². The van der Waals surface area contributed by atoms with Gasteiger partial charge in [-0.2, -0.15) is 0 Å². The molecule has 3 nitrogen and oxygen atoms in total. The van der Waals surface area contributed by atoms with Gasteiger partial charge in [0.05, 0.1) is 0 Å². The van der Waals surface area contributed by atoms with E-state index in [4.69, 9.17) is 0 Å². The van der Waals surface area contributed by atoms with Crippen LogP contribution in [0.25, 0.3) is 19.5 Å². The Balaban J connectivity index is 2.75. The number of H-pyrrole nitrogens is 1. The topological polar surface area (TPSA) is 49.9 Å². The second-order valence-electron chi connectivity index (χ2n) is 3.12. The van der Waals surface area contributed by atoms with Crippen LogP contribution in [-0.4, -0.2) is 4.37 Å². The molecule has 0 aliphatic rings. The minimum absolute atomic E-state index is 0.165. The SMILES string of the molecule is O=c1[nH]sc2sc3ccccc3c(=O)c12. The first-order valence-corrected chi connectivity index (χ1v) is 5.94. The van der Waals surface area contributed by atoms with Crippen molar-refractivity contribution in [2.24, 2.45) is 0 Å². The highest BCUT2D eigenvalue weighted by Gasteiger charge is 2.10. The second kappa shape index (κ2) is 3.01. The molecule has 0 aliphatic carbocycles. The first kappa shape index (κ1) is 8.82. The largest absolute Gasteiger partial charge is 0.288 e. The normalized spacial score (nSPS) is 11.2. The van der Waals surface area contributed by atoms with Gasteiger partial charge in [-0.05, 0) is 23.7 Å². The van der Waals surface area contributed by atoms with E-state index in [9.17, 15) is 9.59 Å². The van der Waals surface area contributed by atoms with Gasteiger partial charge in [-0.25, -0.2) is 0 Å². The summed E-state index contributed by atoms with van der Waals surface area (Å²) in [6.07, 6.45) is 0. The van der Waals surface area contributed by atoms with Gasteiger partial charge in [0, 0.05) is 10.1 Å². The van der Waals surface area contributed by atoms with Crippen molar-refractivity contribution in [1.82, 2.24) is 4.37 Å². The maximum atomic E-state index is 12.0. The third-order valence-electron chi connectivity index (χ3n) is 2.23. The Kier molecular flexibility index (Phi) is 1.77. The van der Waals surface area contributed by atoms with Gasteiger partial charge < -0.3 is 0 Å². The van der Waals surface area contributed by atoms with Crippen LogP contribution < -0.4 is 11.0 Å². The molecule has 0 atom stereocenters. The lowest BCUT2D eigenvalue weighted by atomic mass is 10.2. The number of aromatic amines is 1. The van der Waals surface area contributed by atoms with Crippen molar-refractivity contribution in [2.75, 3.05) is 0 Å².